The van der Waals surface area contributed by atoms with Crippen molar-refractivity contribution in [2.45, 2.75) is 12.6 Å². The van der Waals surface area contributed by atoms with E-state index in [0.29, 0.717) is 5.69 Å². The number of likely N-dealkylation sites (tertiary alicyclic amines) is 1. The Bertz CT molecular complexity index is 666. The number of carboxylic acids is 1. The summed E-state index contributed by atoms with van der Waals surface area (Å²) < 4.78 is 38.7. The molecule has 2 rings (SSSR count). The van der Waals surface area contributed by atoms with Gasteiger partial charge in [0.15, 0.2) is 0 Å². The van der Waals surface area contributed by atoms with Gasteiger partial charge < -0.3 is 15.3 Å². The molecule has 1 saturated heterocycles. The maximum absolute atomic E-state index is 12.9. The summed E-state index contributed by atoms with van der Waals surface area (Å²) in [6.45, 7) is -0.840. The maximum Gasteiger partial charge on any atom is 0.393 e. The standard InChI is InChI=1S/C16H18F3N3O4/c17-16(18,19)12-9-22(8-11(12)14(24)25)7-6-13(23)21-15(26)20-10-4-2-1-3-5-10/h1-5,11-12H,6-9H2,(H,24,25)(H2,20,21,23,26)/t11-,12-/m1/s1. The Balaban J connectivity index is 1.80. The van der Waals surface area contributed by atoms with Crippen LogP contribution in [0.15, 0.2) is 30.3 Å². The Hall–Kier alpha value is -2.62. The predicted octanol–water partition coefficient (Wildman–Crippen LogP) is 1.92. The van der Waals surface area contributed by atoms with Crippen LogP contribution in [0.5, 0.6) is 0 Å². The lowest BCUT2D eigenvalue weighted by atomic mass is 9.96. The minimum absolute atomic E-state index is 0.0686. The van der Waals surface area contributed by atoms with E-state index in [2.05, 4.69) is 10.6 Å². The molecule has 0 bridgehead atoms. The lowest BCUT2D eigenvalue weighted by molar-refractivity contribution is -0.188. The van der Waals surface area contributed by atoms with Crippen LogP contribution in [0, 0.1) is 11.8 Å². The Morgan fingerprint density at radius 3 is 2.35 bits per heavy atom. The molecule has 3 amide bonds. The van der Waals surface area contributed by atoms with Crippen LogP contribution >= 0.6 is 0 Å². The first-order valence-electron chi connectivity index (χ1n) is 7.84. The summed E-state index contributed by atoms with van der Waals surface area (Å²) in [5, 5.41) is 13.5. The molecule has 3 N–H and O–H groups in total. The van der Waals surface area contributed by atoms with Gasteiger partial charge in [-0.3, -0.25) is 14.9 Å². The Morgan fingerprint density at radius 1 is 1.15 bits per heavy atom. The van der Waals surface area contributed by atoms with Gasteiger partial charge in [-0.05, 0) is 12.1 Å². The van der Waals surface area contributed by atoms with Crippen molar-refractivity contribution >= 4 is 23.6 Å². The van der Waals surface area contributed by atoms with Crippen molar-refractivity contribution in [3.63, 3.8) is 0 Å². The third-order valence-corrected chi connectivity index (χ3v) is 4.07. The monoisotopic (exact) mass is 373 g/mol. The molecule has 2 atom stereocenters. The van der Waals surface area contributed by atoms with E-state index in [-0.39, 0.29) is 19.5 Å². The van der Waals surface area contributed by atoms with Crippen LogP contribution in [-0.2, 0) is 9.59 Å². The first kappa shape index (κ1) is 19.7. The van der Waals surface area contributed by atoms with Gasteiger partial charge >= 0.3 is 18.2 Å². The molecule has 1 fully saturated rings. The largest absolute Gasteiger partial charge is 0.481 e. The van der Waals surface area contributed by atoms with Gasteiger partial charge in [0.1, 0.15) is 0 Å². The van der Waals surface area contributed by atoms with Gasteiger partial charge in [0.25, 0.3) is 0 Å². The van der Waals surface area contributed by atoms with Crippen LogP contribution < -0.4 is 10.6 Å². The number of carbonyl (C=O) groups is 3. The second kappa shape index (κ2) is 8.17. The predicted molar refractivity (Wildman–Crippen MR) is 85.3 cm³/mol. The number of anilines is 1. The first-order valence-corrected chi connectivity index (χ1v) is 7.84. The number of benzene rings is 1. The van der Waals surface area contributed by atoms with E-state index in [1.807, 2.05) is 0 Å². The number of halogens is 3. The molecule has 0 spiro atoms. The van der Waals surface area contributed by atoms with Crippen molar-refractivity contribution < 1.29 is 32.7 Å². The quantitative estimate of drug-likeness (QED) is 0.733. The molecule has 26 heavy (non-hydrogen) atoms. The molecule has 0 unspecified atom stereocenters. The molecular weight excluding hydrogens is 355 g/mol. The Labute approximate surface area is 147 Å². The molecule has 1 aliphatic rings. The van der Waals surface area contributed by atoms with Gasteiger partial charge in [0.2, 0.25) is 5.91 Å². The highest BCUT2D eigenvalue weighted by Crippen LogP contribution is 2.37. The number of carbonyl (C=O) groups excluding carboxylic acids is 2. The molecule has 0 aliphatic carbocycles. The van der Waals surface area contributed by atoms with E-state index in [4.69, 9.17) is 5.11 Å². The van der Waals surface area contributed by atoms with Gasteiger partial charge in [0, 0.05) is 31.7 Å². The summed E-state index contributed by atoms with van der Waals surface area (Å²) in [6.07, 6.45) is -4.84. The zero-order valence-corrected chi connectivity index (χ0v) is 13.6. The second-order valence-electron chi connectivity index (χ2n) is 5.97. The number of rotatable bonds is 5. The van der Waals surface area contributed by atoms with Crippen molar-refractivity contribution in [2.75, 3.05) is 25.0 Å². The molecule has 7 nitrogen and oxygen atoms in total. The molecule has 10 heteroatoms. The minimum Gasteiger partial charge on any atom is -0.481 e. The van der Waals surface area contributed by atoms with Gasteiger partial charge in [-0.2, -0.15) is 13.2 Å². The van der Waals surface area contributed by atoms with E-state index in [1.54, 1.807) is 30.3 Å². The van der Waals surface area contributed by atoms with E-state index in [9.17, 15) is 27.6 Å². The zero-order valence-electron chi connectivity index (χ0n) is 13.6. The highest BCUT2D eigenvalue weighted by Gasteiger charge is 2.52. The fraction of sp³-hybridized carbons (Fsp3) is 0.438. The summed E-state index contributed by atoms with van der Waals surface area (Å²) in [6, 6.07) is 7.64. The van der Waals surface area contributed by atoms with Gasteiger partial charge in [-0.25, -0.2) is 4.79 Å². The highest BCUT2D eigenvalue weighted by atomic mass is 19.4. The van der Waals surface area contributed by atoms with Gasteiger partial charge in [-0.15, -0.1) is 0 Å². The second-order valence-corrected chi connectivity index (χ2v) is 5.97. The zero-order chi connectivity index (χ0) is 19.3. The first-order chi connectivity index (χ1) is 12.2. The van der Waals surface area contributed by atoms with Crippen LogP contribution in [0.25, 0.3) is 0 Å². The van der Waals surface area contributed by atoms with Crippen molar-refractivity contribution in [1.29, 1.82) is 0 Å². The minimum atomic E-state index is -4.62. The van der Waals surface area contributed by atoms with Crippen LogP contribution in [0.4, 0.5) is 23.7 Å². The summed E-state index contributed by atoms with van der Waals surface area (Å²) in [5.74, 6) is -5.70. The summed E-state index contributed by atoms with van der Waals surface area (Å²) in [7, 11) is 0. The van der Waals surface area contributed by atoms with E-state index in [0.717, 1.165) is 0 Å². The lowest BCUT2D eigenvalue weighted by Crippen LogP contribution is -2.36. The average Bonchev–Trinajstić information content (AvgIpc) is 2.98. The molecule has 1 aliphatic heterocycles. The summed E-state index contributed by atoms with van der Waals surface area (Å²) >= 11 is 0. The fourth-order valence-electron chi connectivity index (χ4n) is 2.78. The van der Waals surface area contributed by atoms with Crippen molar-refractivity contribution in [2.24, 2.45) is 11.8 Å². The molecule has 1 aromatic rings. The fourth-order valence-corrected chi connectivity index (χ4v) is 2.78. The number of para-hydroxylation sites is 1. The molecule has 1 heterocycles. The molecule has 0 radical (unpaired) electrons. The average molecular weight is 373 g/mol. The number of nitrogens with zero attached hydrogens (tertiary/aromatic N) is 1. The van der Waals surface area contributed by atoms with Crippen molar-refractivity contribution in [3.8, 4) is 0 Å². The van der Waals surface area contributed by atoms with Crippen molar-refractivity contribution in [3.05, 3.63) is 30.3 Å². The Kier molecular flexibility index (Phi) is 6.19. The SMILES string of the molecule is O=C(CCN1C[C@@H](C(F)(F)F)[C@H](C(=O)O)C1)NC(=O)Nc1ccccc1. The summed E-state index contributed by atoms with van der Waals surface area (Å²) in [4.78, 5) is 35.7. The molecule has 0 aromatic heterocycles. The number of nitrogens with one attached hydrogen (secondary N) is 2. The smallest absolute Gasteiger partial charge is 0.393 e. The highest BCUT2D eigenvalue weighted by molar-refractivity contribution is 6.01. The number of alkyl halides is 3. The molecule has 0 saturated carbocycles. The number of hydrogen-bond donors (Lipinski definition) is 3. The molecule has 1 aromatic carbocycles. The third-order valence-electron chi connectivity index (χ3n) is 4.07. The topological polar surface area (TPSA) is 98.7 Å². The number of carboxylic acid groups (broad SMARTS) is 1. The number of amides is 3. The number of imide groups is 1. The number of hydrogen-bond acceptors (Lipinski definition) is 4. The lowest BCUT2D eigenvalue weighted by Gasteiger charge is -2.18. The maximum atomic E-state index is 12.9. The van der Waals surface area contributed by atoms with E-state index in [1.165, 1.54) is 4.90 Å². The number of aliphatic carboxylic acids is 1. The molecule has 142 valence electrons. The normalized spacial score (nSPS) is 20.6. The molecular formula is C16H18F3N3O4. The van der Waals surface area contributed by atoms with Crippen molar-refractivity contribution in [1.82, 2.24) is 10.2 Å². The van der Waals surface area contributed by atoms with E-state index < -0.39 is 42.5 Å². The van der Waals surface area contributed by atoms with Gasteiger partial charge in [-0.1, -0.05) is 18.2 Å². The van der Waals surface area contributed by atoms with Crippen LogP contribution in [-0.4, -0.2) is 53.7 Å². The Morgan fingerprint density at radius 2 is 1.81 bits per heavy atom. The van der Waals surface area contributed by atoms with Gasteiger partial charge in [0.05, 0.1) is 11.8 Å². The third kappa shape index (κ3) is 5.45. The van der Waals surface area contributed by atoms with Crippen LogP contribution in [0.2, 0.25) is 0 Å². The van der Waals surface area contributed by atoms with Crippen LogP contribution in [0.3, 0.4) is 0 Å². The summed E-state index contributed by atoms with van der Waals surface area (Å²) in [5.41, 5.74) is 0.481. The van der Waals surface area contributed by atoms with Crippen LogP contribution in [0.1, 0.15) is 6.42 Å². The van der Waals surface area contributed by atoms with E-state index >= 15 is 0 Å². The number of urea groups is 1.